The fraction of sp³-hybridized carbons (Fsp3) is 0.667. The van der Waals surface area contributed by atoms with Crippen molar-refractivity contribution in [3.63, 3.8) is 0 Å². The van der Waals surface area contributed by atoms with Gasteiger partial charge in [0.25, 0.3) is 0 Å². The zero-order chi connectivity index (χ0) is 13.8. The van der Waals surface area contributed by atoms with Crippen LogP contribution in [0.15, 0.2) is 16.8 Å². The highest BCUT2D eigenvalue weighted by atomic mass is 32.1. The average Bonchev–Trinajstić information content (AvgIpc) is 2.98. The van der Waals surface area contributed by atoms with Crippen molar-refractivity contribution in [2.45, 2.75) is 52.2 Å². The van der Waals surface area contributed by atoms with Crippen molar-refractivity contribution in [3.05, 3.63) is 22.4 Å². The van der Waals surface area contributed by atoms with Gasteiger partial charge in [0, 0.05) is 6.54 Å². The second-order valence-electron chi connectivity index (χ2n) is 5.65. The lowest BCUT2D eigenvalue weighted by molar-refractivity contribution is -0.130. The summed E-state index contributed by atoms with van der Waals surface area (Å²) in [6.07, 6.45) is 3.20. The molecule has 0 bridgehead atoms. The van der Waals surface area contributed by atoms with Gasteiger partial charge in [-0.3, -0.25) is 10.1 Å². The number of hydrogen-bond acceptors (Lipinski definition) is 3. The summed E-state index contributed by atoms with van der Waals surface area (Å²) in [6, 6.07) is 2.10. The maximum absolute atomic E-state index is 12.4. The number of carbonyl (C=O) groups is 1. The third kappa shape index (κ3) is 3.37. The largest absolute Gasteiger partial charge is 0.322 e. The van der Waals surface area contributed by atoms with E-state index in [1.165, 1.54) is 12.0 Å². The number of amides is 1. The van der Waals surface area contributed by atoms with Crippen molar-refractivity contribution in [3.8, 4) is 0 Å². The molecule has 2 rings (SSSR count). The number of thiophene rings is 1. The molecule has 4 heteroatoms. The van der Waals surface area contributed by atoms with Crippen LogP contribution in [0.25, 0.3) is 0 Å². The van der Waals surface area contributed by atoms with E-state index >= 15 is 0 Å². The normalized spacial score (nSPS) is 23.6. The van der Waals surface area contributed by atoms with E-state index in [0.29, 0.717) is 5.92 Å². The minimum absolute atomic E-state index is 0.0102. The van der Waals surface area contributed by atoms with Gasteiger partial charge in [-0.2, -0.15) is 11.3 Å². The number of nitrogens with one attached hydrogen (secondary N) is 1. The molecule has 1 saturated heterocycles. The molecule has 0 radical (unpaired) electrons. The first-order chi connectivity index (χ1) is 9.13. The molecule has 19 heavy (non-hydrogen) atoms. The highest BCUT2D eigenvalue weighted by Gasteiger charge is 2.38. The number of nitrogens with zero attached hydrogens (tertiary/aromatic N) is 1. The van der Waals surface area contributed by atoms with Crippen LogP contribution in [0.5, 0.6) is 0 Å². The smallest absolute Gasteiger partial charge is 0.241 e. The van der Waals surface area contributed by atoms with Crippen LogP contribution in [0, 0.1) is 5.92 Å². The molecule has 2 unspecified atom stereocenters. The standard InChI is InChI=1S/C15H24N2OS/c1-4-13-15(18)17(8-5-6-11(2)3)14(16-13)12-7-9-19-10-12/h7,9-11,13-14,16H,4-6,8H2,1-3H3. The fourth-order valence-corrected chi connectivity index (χ4v) is 3.27. The monoisotopic (exact) mass is 280 g/mol. The van der Waals surface area contributed by atoms with Gasteiger partial charge in [-0.25, -0.2) is 0 Å². The molecule has 106 valence electrons. The Morgan fingerprint density at radius 2 is 2.26 bits per heavy atom. The Morgan fingerprint density at radius 1 is 1.47 bits per heavy atom. The third-order valence-electron chi connectivity index (χ3n) is 3.70. The molecular formula is C15H24N2OS. The summed E-state index contributed by atoms with van der Waals surface area (Å²) in [6.45, 7) is 7.39. The molecular weight excluding hydrogens is 256 g/mol. The van der Waals surface area contributed by atoms with Crippen molar-refractivity contribution in [2.24, 2.45) is 5.92 Å². The Hall–Kier alpha value is -0.870. The second-order valence-corrected chi connectivity index (χ2v) is 6.43. The molecule has 0 aliphatic carbocycles. The molecule has 1 amide bonds. The number of hydrogen-bond donors (Lipinski definition) is 1. The van der Waals surface area contributed by atoms with Crippen LogP contribution in [0.2, 0.25) is 0 Å². The molecule has 1 N–H and O–H groups in total. The van der Waals surface area contributed by atoms with Crippen molar-refractivity contribution >= 4 is 17.2 Å². The Kier molecular flexibility index (Phi) is 4.99. The van der Waals surface area contributed by atoms with Gasteiger partial charge in [-0.1, -0.05) is 20.8 Å². The van der Waals surface area contributed by atoms with E-state index in [9.17, 15) is 4.79 Å². The quantitative estimate of drug-likeness (QED) is 0.866. The summed E-state index contributed by atoms with van der Waals surface area (Å²) >= 11 is 1.69. The minimum atomic E-state index is -0.0102. The summed E-state index contributed by atoms with van der Waals surface area (Å²) in [5.41, 5.74) is 1.22. The van der Waals surface area contributed by atoms with Crippen molar-refractivity contribution in [2.75, 3.05) is 6.54 Å². The van der Waals surface area contributed by atoms with Gasteiger partial charge in [0.15, 0.2) is 0 Å². The number of carbonyl (C=O) groups excluding carboxylic acids is 1. The summed E-state index contributed by atoms with van der Waals surface area (Å²) in [4.78, 5) is 14.4. The summed E-state index contributed by atoms with van der Waals surface area (Å²) < 4.78 is 0. The summed E-state index contributed by atoms with van der Waals surface area (Å²) in [5, 5.41) is 7.68. The van der Waals surface area contributed by atoms with Crippen LogP contribution in [0.1, 0.15) is 51.8 Å². The van der Waals surface area contributed by atoms with Gasteiger partial charge in [0.2, 0.25) is 5.91 Å². The Balaban J connectivity index is 2.05. The molecule has 1 aromatic rings. The highest BCUT2D eigenvalue weighted by Crippen LogP contribution is 2.28. The van der Waals surface area contributed by atoms with Crippen LogP contribution >= 0.6 is 11.3 Å². The van der Waals surface area contributed by atoms with Crippen molar-refractivity contribution in [1.29, 1.82) is 0 Å². The van der Waals surface area contributed by atoms with E-state index in [0.717, 1.165) is 19.4 Å². The zero-order valence-electron chi connectivity index (χ0n) is 12.1. The van der Waals surface area contributed by atoms with Gasteiger partial charge in [-0.05, 0) is 47.6 Å². The van der Waals surface area contributed by atoms with Gasteiger partial charge >= 0.3 is 0 Å². The summed E-state index contributed by atoms with van der Waals surface area (Å²) in [5.74, 6) is 0.967. The number of rotatable bonds is 6. The average molecular weight is 280 g/mol. The molecule has 2 heterocycles. The molecule has 0 spiro atoms. The lowest BCUT2D eigenvalue weighted by atomic mass is 10.1. The van der Waals surface area contributed by atoms with Crippen molar-refractivity contribution < 1.29 is 4.79 Å². The van der Waals surface area contributed by atoms with Gasteiger partial charge in [0.1, 0.15) is 6.17 Å². The Morgan fingerprint density at radius 3 is 2.84 bits per heavy atom. The zero-order valence-corrected chi connectivity index (χ0v) is 12.9. The second kappa shape index (κ2) is 6.53. The van der Waals surface area contributed by atoms with Crippen LogP contribution in [-0.2, 0) is 4.79 Å². The van der Waals surface area contributed by atoms with Crippen LogP contribution in [0.3, 0.4) is 0 Å². The van der Waals surface area contributed by atoms with E-state index in [-0.39, 0.29) is 18.1 Å². The summed E-state index contributed by atoms with van der Waals surface area (Å²) in [7, 11) is 0. The minimum Gasteiger partial charge on any atom is -0.322 e. The molecule has 1 aromatic heterocycles. The molecule has 1 fully saturated rings. The lowest BCUT2D eigenvalue weighted by Crippen LogP contribution is -2.31. The van der Waals surface area contributed by atoms with E-state index in [1.807, 2.05) is 4.90 Å². The Labute approximate surface area is 120 Å². The molecule has 0 aromatic carbocycles. The molecule has 3 nitrogen and oxygen atoms in total. The van der Waals surface area contributed by atoms with Crippen LogP contribution in [0.4, 0.5) is 0 Å². The van der Waals surface area contributed by atoms with E-state index in [1.54, 1.807) is 11.3 Å². The van der Waals surface area contributed by atoms with Gasteiger partial charge < -0.3 is 4.90 Å². The fourth-order valence-electron chi connectivity index (χ4n) is 2.59. The van der Waals surface area contributed by atoms with Crippen LogP contribution < -0.4 is 5.32 Å². The lowest BCUT2D eigenvalue weighted by Gasteiger charge is -2.24. The molecule has 2 atom stereocenters. The first-order valence-electron chi connectivity index (χ1n) is 7.22. The third-order valence-corrected chi connectivity index (χ3v) is 4.40. The van der Waals surface area contributed by atoms with E-state index in [2.05, 4.69) is 42.9 Å². The maximum Gasteiger partial charge on any atom is 0.241 e. The van der Waals surface area contributed by atoms with Gasteiger partial charge in [-0.15, -0.1) is 0 Å². The highest BCUT2D eigenvalue weighted by molar-refractivity contribution is 7.07. The van der Waals surface area contributed by atoms with Crippen molar-refractivity contribution in [1.82, 2.24) is 10.2 Å². The predicted molar refractivity (Wildman–Crippen MR) is 80.1 cm³/mol. The van der Waals surface area contributed by atoms with E-state index < -0.39 is 0 Å². The van der Waals surface area contributed by atoms with Gasteiger partial charge in [0.05, 0.1) is 6.04 Å². The molecule has 0 saturated carbocycles. The molecule has 1 aliphatic heterocycles. The van der Waals surface area contributed by atoms with E-state index in [4.69, 9.17) is 0 Å². The van der Waals surface area contributed by atoms with Crippen LogP contribution in [-0.4, -0.2) is 23.4 Å². The topological polar surface area (TPSA) is 32.3 Å². The molecule has 1 aliphatic rings. The first kappa shape index (κ1) is 14.5. The SMILES string of the molecule is CCC1NC(c2ccsc2)N(CCCC(C)C)C1=O. The Bertz CT molecular complexity index is 402. The predicted octanol–water partition coefficient (Wildman–Crippen LogP) is 3.39. The maximum atomic E-state index is 12.4. The first-order valence-corrected chi connectivity index (χ1v) is 8.16.